The van der Waals surface area contributed by atoms with E-state index in [1.807, 2.05) is 30.3 Å². The fourth-order valence-electron chi connectivity index (χ4n) is 4.20. The topological polar surface area (TPSA) is 72.2 Å². The van der Waals surface area contributed by atoms with Crippen molar-refractivity contribution in [2.24, 2.45) is 0 Å². The molecule has 2 aromatic rings. The van der Waals surface area contributed by atoms with Crippen molar-refractivity contribution < 1.29 is 9.72 Å². The van der Waals surface area contributed by atoms with Gasteiger partial charge in [-0.3, -0.25) is 14.9 Å². The summed E-state index contributed by atoms with van der Waals surface area (Å²) in [6, 6.07) is 15.8. The number of non-ortho nitro benzene ring substituents is 1. The van der Waals surface area contributed by atoms with Gasteiger partial charge in [0.2, 0.25) is 0 Å². The Hall–Kier alpha value is -2.95. The van der Waals surface area contributed by atoms with Gasteiger partial charge >= 0.3 is 0 Å². The van der Waals surface area contributed by atoms with Gasteiger partial charge in [0, 0.05) is 24.3 Å². The number of nitro benzene ring substituents is 1. The van der Waals surface area contributed by atoms with Crippen LogP contribution < -0.4 is 5.32 Å². The fraction of sp³-hybridized carbons (Fsp3) is 0.500. The summed E-state index contributed by atoms with van der Waals surface area (Å²) < 4.78 is 0. The lowest BCUT2D eigenvalue weighted by Crippen LogP contribution is -2.25. The number of amides is 1. The van der Waals surface area contributed by atoms with Gasteiger partial charge in [-0.15, -0.1) is 0 Å². The molecule has 35 heavy (non-hydrogen) atoms. The molecule has 2 rings (SSSR count). The summed E-state index contributed by atoms with van der Waals surface area (Å²) >= 11 is 0. The monoisotopic (exact) mass is 478 g/mol. The first-order valence-corrected chi connectivity index (χ1v) is 13.4. The highest BCUT2D eigenvalue weighted by atomic mass is 16.6. The van der Waals surface area contributed by atoms with Crippen LogP contribution in [-0.4, -0.2) is 17.4 Å². The molecule has 0 spiro atoms. The van der Waals surface area contributed by atoms with Gasteiger partial charge in [0.1, 0.15) is 0 Å². The van der Waals surface area contributed by atoms with Crippen molar-refractivity contribution in [2.45, 2.75) is 90.4 Å². The molecule has 1 amide bonds. The lowest BCUT2D eigenvalue weighted by atomic mass is 10.0. The van der Waals surface area contributed by atoms with Crippen molar-refractivity contribution in [3.8, 4) is 0 Å². The van der Waals surface area contributed by atoms with Crippen LogP contribution in [0.1, 0.15) is 102 Å². The van der Waals surface area contributed by atoms with Gasteiger partial charge in [0.15, 0.2) is 0 Å². The van der Waals surface area contributed by atoms with E-state index in [0.29, 0.717) is 12.1 Å². The zero-order chi connectivity index (χ0) is 25.1. The minimum Gasteiger partial charge on any atom is -0.352 e. The number of hydrogen-bond donors (Lipinski definition) is 1. The van der Waals surface area contributed by atoms with Crippen molar-refractivity contribution in [3.63, 3.8) is 0 Å². The molecule has 1 N–H and O–H groups in total. The smallest absolute Gasteiger partial charge is 0.269 e. The molecular formula is C30H42N2O3. The number of rotatable bonds is 18. The van der Waals surface area contributed by atoms with E-state index in [9.17, 15) is 14.9 Å². The van der Waals surface area contributed by atoms with E-state index in [2.05, 4.69) is 12.2 Å². The van der Waals surface area contributed by atoms with Crippen LogP contribution in [0.2, 0.25) is 0 Å². The number of carbonyl (C=O) groups excluding carboxylic acids is 1. The van der Waals surface area contributed by atoms with Crippen molar-refractivity contribution in [3.05, 3.63) is 75.8 Å². The molecule has 0 heterocycles. The standard InChI is InChI=1S/C30H42N2O3/c1-2-3-4-5-6-7-8-9-10-11-12-13-17-24-31-30(33)29(27-18-15-14-16-19-27)25-26-20-22-28(23-21-26)32(34)35/h14-16,18-23,25H,2-13,17,24H2,1H3,(H,31,33)/b29-25+. The van der Waals surface area contributed by atoms with Gasteiger partial charge in [0.05, 0.1) is 4.92 Å². The molecule has 190 valence electrons. The Labute approximate surface area is 211 Å². The Morgan fingerprint density at radius 2 is 1.29 bits per heavy atom. The summed E-state index contributed by atoms with van der Waals surface area (Å²) in [5, 5.41) is 14.0. The maximum absolute atomic E-state index is 13.0. The van der Waals surface area contributed by atoms with Crippen LogP contribution in [0.4, 0.5) is 5.69 Å². The third kappa shape index (κ3) is 11.8. The third-order valence-electron chi connectivity index (χ3n) is 6.31. The quantitative estimate of drug-likeness (QED) is 0.0769. The molecule has 0 aliphatic heterocycles. The van der Waals surface area contributed by atoms with Gasteiger partial charge in [-0.25, -0.2) is 0 Å². The number of nitro groups is 1. The minimum atomic E-state index is -0.423. The molecule has 0 aliphatic carbocycles. The zero-order valence-corrected chi connectivity index (χ0v) is 21.3. The highest BCUT2D eigenvalue weighted by Gasteiger charge is 2.12. The number of nitrogens with zero attached hydrogens (tertiary/aromatic N) is 1. The Morgan fingerprint density at radius 3 is 1.80 bits per heavy atom. The number of hydrogen-bond acceptors (Lipinski definition) is 3. The Morgan fingerprint density at radius 1 is 0.771 bits per heavy atom. The van der Waals surface area contributed by atoms with E-state index in [1.54, 1.807) is 18.2 Å². The Kier molecular flexibility index (Phi) is 14.1. The van der Waals surface area contributed by atoms with E-state index in [0.717, 1.165) is 24.0 Å². The number of carbonyl (C=O) groups is 1. The molecule has 0 radical (unpaired) electrons. The summed E-state index contributed by atoms with van der Waals surface area (Å²) in [6.45, 7) is 2.92. The van der Waals surface area contributed by atoms with Crippen molar-refractivity contribution >= 4 is 23.2 Å². The van der Waals surface area contributed by atoms with Crippen LogP contribution in [0.25, 0.3) is 11.6 Å². The minimum absolute atomic E-state index is 0.0373. The van der Waals surface area contributed by atoms with Crippen molar-refractivity contribution in [2.75, 3.05) is 6.54 Å². The van der Waals surface area contributed by atoms with E-state index >= 15 is 0 Å². The number of nitrogens with one attached hydrogen (secondary N) is 1. The normalized spacial score (nSPS) is 11.4. The van der Waals surface area contributed by atoms with Gasteiger partial charge < -0.3 is 5.32 Å². The van der Waals surface area contributed by atoms with Crippen molar-refractivity contribution in [1.29, 1.82) is 0 Å². The molecular weight excluding hydrogens is 436 g/mol. The predicted molar refractivity (Wildman–Crippen MR) is 146 cm³/mol. The summed E-state index contributed by atoms with van der Waals surface area (Å²) in [6.07, 6.45) is 18.7. The second kappa shape index (κ2) is 17.5. The lowest BCUT2D eigenvalue weighted by Gasteiger charge is -2.10. The van der Waals surface area contributed by atoms with Gasteiger partial charge in [0.25, 0.3) is 11.6 Å². The SMILES string of the molecule is CCCCCCCCCCCCCCCNC(=O)/C(=C/c1ccc([N+](=O)[O-])cc1)c1ccccc1. The summed E-state index contributed by atoms with van der Waals surface area (Å²) in [7, 11) is 0. The Balaban J connectivity index is 1.70. The summed E-state index contributed by atoms with van der Waals surface area (Å²) in [4.78, 5) is 23.4. The predicted octanol–water partition coefficient (Wildman–Crippen LogP) is 8.34. The molecule has 0 saturated heterocycles. The molecule has 0 unspecified atom stereocenters. The first-order chi connectivity index (χ1) is 17.1. The molecule has 0 fully saturated rings. The van der Waals surface area contributed by atoms with Gasteiger partial charge in [-0.1, -0.05) is 114 Å². The van der Waals surface area contributed by atoms with Crippen molar-refractivity contribution in [1.82, 2.24) is 5.32 Å². The first kappa shape index (κ1) is 28.3. The van der Waals surface area contributed by atoms with Crippen LogP contribution in [0.15, 0.2) is 54.6 Å². The molecule has 5 nitrogen and oxygen atoms in total. The maximum Gasteiger partial charge on any atom is 0.269 e. The van der Waals surface area contributed by atoms with Crippen LogP contribution >= 0.6 is 0 Å². The van der Waals surface area contributed by atoms with Crippen LogP contribution in [0.5, 0.6) is 0 Å². The fourth-order valence-corrected chi connectivity index (χ4v) is 4.20. The molecule has 0 atom stereocenters. The third-order valence-corrected chi connectivity index (χ3v) is 6.31. The second-order valence-electron chi connectivity index (χ2n) is 9.27. The molecule has 0 bridgehead atoms. The molecule has 0 aromatic heterocycles. The van der Waals surface area contributed by atoms with E-state index in [-0.39, 0.29) is 11.6 Å². The van der Waals surface area contributed by atoms with Crippen LogP contribution in [0.3, 0.4) is 0 Å². The maximum atomic E-state index is 13.0. The highest BCUT2D eigenvalue weighted by molar-refractivity contribution is 6.24. The summed E-state index contributed by atoms with van der Waals surface area (Å²) in [5.41, 5.74) is 2.18. The summed E-state index contributed by atoms with van der Waals surface area (Å²) in [5.74, 6) is -0.117. The average Bonchev–Trinajstić information content (AvgIpc) is 2.88. The highest BCUT2D eigenvalue weighted by Crippen LogP contribution is 2.21. The number of unbranched alkanes of at least 4 members (excludes halogenated alkanes) is 12. The van der Waals surface area contributed by atoms with Crippen LogP contribution in [-0.2, 0) is 4.79 Å². The zero-order valence-electron chi connectivity index (χ0n) is 21.3. The average molecular weight is 479 g/mol. The van der Waals surface area contributed by atoms with Gasteiger partial charge in [-0.2, -0.15) is 0 Å². The largest absolute Gasteiger partial charge is 0.352 e. The Bertz CT molecular complexity index is 892. The van der Waals surface area contributed by atoms with Crippen LogP contribution in [0, 0.1) is 10.1 Å². The number of benzene rings is 2. The van der Waals surface area contributed by atoms with E-state index < -0.39 is 4.92 Å². The first-order valence-electron chi connectivity index (χ1n) is 13.4. The lowest BCUT2D eigenvalue weighted by molar-refractivity contribution is -0.384. The molecule has 0 saturated carbocycles. The molecule has 0 aliphatic rings. The van der Waals surface area contributed by atoms with E-state index in [1.165, 1.54) is 82.8 Å². The second-order valence-corrected chi connectivity index (χ2v) is 9.27. The molecule has 2 aromatic carbocycles. The van der Waals surface area contributed by atoms with E-state index in [4.69, 9.17) is 0 Å². The van der Waals surface area contributed by atoms with Gasteiger partial charge in [-0.05, 0) is 35.8 Å². The molecule has 5 heteroatoms.